The largest absolute Gasteiger partial charge is 0.474 e. The van der Waals surface area contributed by atoms with E-state index in [1.165, 1.54) is 18.5 Å². The summed E-state index contributed by atoms with van der Waals surface area (Å²) in [6.07, 6.45) is 5.06. The monoisotopic (exact) mass is 302 g/mol. The van der Waals surface area contributed by atoms with Gasteiger partial charge in [-0.1, -0.05) is 6.07 Å². The molecule has 22 heavy (non-hydrogen) atoms. The fourth-order valence-corrected chi connectivity index (χ4v) is 1.75. The topological polar surface area (TPSA) is 97.0 Å². The van der Waals surface area contributed by atoms with E-state index in [1.807, 2.05) is 13.8 Å². The number of aromatic nitrogens is 3. The molecule has 7 nitrogen and oxygen atoms in total. The Bertz CT molecular complexity index is 659. The second-order valence-corrected chi connectivity index (χ2v) is 4.97. The van der Waals surface area contributed by atoms with Gasteiger partial charge in [0.1, 0.15) is 5.69 Å². The zero-order valence-electron chi connectivity index (χ0n) is 12.5. The van der Waals surface area contributed by atoms with Crippen LogP contribution >= 0.6 is 0 Å². The number of aromatic amines is 1. The highest BCUT2D eigenvalue weighted by molar-refractivity contribution is 5.91. The van der Waals surface area contributed by atoms with E-state index in [4.69, 9.17) is 4.74 Å². The van der Waals surface area contributed by atoms with Crippen LogP contribution in [-0.4, -0.2) is 33.5 Å². The van der Waals surface area contributed by atoms with E-state index in [2.05, 4.69) is 20.3 Å². The molecule has 2 N–H and O–H groups in total. The second-order valence-electron chi connectivity index (χ2n) is 4.97. The Morgan fingerprint density at radius 2 is 2.14 bits per heavy atom. The number of hydrogen-bond donors (Lipinski definition) is 2. The smallest absolute Gasteiger partial charge is 0.271 e. The predicted molar refractivity (Wildman–Crippen MR) is 80.9 cm³/mol. The summed E-state index contributed by atoms with van der Waals surface area (Å²) in [5.41, 5.74) is 1.02. The molecule has 7 heteroatoms. The van der Waals surface area contributed by atoms with Gasteiger partial charge in [-0.15, -0.1) is 0 Å². The van der Waals surface area contributed by atoms with Crippen molar-refractivity contribution < 1.29 is 9.53 Å². The van der Waals surface area contributed by atoms with Gasteiger partial charge in [-0.25, -0.2) is 9.97 Å². The molecule has 2 aromatic rings. The molecule has 116 valence electrons. The van der Waals surface area contributed by atoms with Crippen LogP contribution in [0.3, 0.4) is 0 Å². The lowest BCUT2D eigenvalue weighted by Crippen LogP contribution is -2.26. The third-order valence-corrected chi connectivity index (χ3v) is 2.77. The van der Waals surface area contributed by atoms with E-state index >= 15 is 0 Å². The first-order valence-corrected chi connectivity index (χ1v) is 6.99. The lowest BCUT2D eigenvalue weighted by Gasteiger charge is -2.08. The summed E-state index contributed by atoms with van der Waals surface area (Å²) in [6, 6.07) is 3.18. The van der Waals surface area contributed by atoms with Crippen molar-refractivity contribution in [3.8, 4) is 5.88 Å². The number of hydrogen-bond acceptors (Lipinski definition) is 5. The Morgan fingerprint density at radius 1 is 1.32 bits per heavy atom. The molecule has 2 rings (SSSR count). The van der Waals surface area contributed by atoms with Crippen molar-refractivity contribution in [1.29, 1.82) is 0 Å². The maximum atomic E-state index is 11.9. The third kappa shape index (κ3) is 4.69. The van der Waals surface area contributed by atoms with Crippen LogP contribution in [0.4, 0.5) is 0 Å². The molecular weight excluding hydrogens is 284 g/mol. The van der Waals surface area contributed by atoms with E-state index < -0.39 is 0 Å². The number of nitrogens with zero attached hydrogens (tertiary/aromatic N) is 2. The van der Waals surface area contributed by atoms with Gasteiger partial charge in [0.25, 0.3) is 5.91 Å². The molecule has 1 amide bonds. The van der Waals surface area contributed by atoms with E-state index in [9.17, 15) is 9.59 Å². The van der Waals surface area contributed by atoms with Crippen molar-refractivity contribution in [1.82, 2.24) is 20.3 Å². The summed E-state index contributed by atoms with van der Waals surface area (Å²) in [6.45, 7) is 4.22. The normalized spacial score (nSPS) is 10.5. The van der Waals surface area contributed by atoms with Gasteiger partial charge >= 0.3 is 0 Å². The molecular formula is C15H18N4O3. The standard InChI is InChI=1S/C15H18N4O3/c1-10(2)22-14-9-17-12(8-19-14)15(21)16-6-5-11-3-4-13(20)18-7-11/h3-4,7-10H,5-6H2,1-2H3,(H,16,21)(H,18,20). The number of H-pyrrole nitrogens is 1. The Hall–Kier alpha value is -2.70. The van der Waals surface area contributed by atoms with Crippen LogP contribution in [0, 0.1) is 0 Å². The van der Waals surface area contributed by atoms with Crippen LogP contribution in [0.2, 0.25) is 0 Å². The minimum absolute atomic E-state index is 0.00582. The number of amides is 1. The first kappa shape index (κ1) is 15.7. The number of rotatable bonds is 6. The molecule has 0 spiro atoms. The molecule has 2 aromatic heterocycles. The summed E-state index contributed by atoms with van der Waals surface area (Å²) in [5.74, 6) is 0.0906. The predicted octanol–water partition coefficient (Wildman–Crippen LogP) is 0.925. The molecule has 0 fully saturated rings. The molecule has 0 aromatic carbocycles. The van der Waals surface area contributed by atoms with Crippen molar-refractivity contribution >= 4 is 5.91 Å². The average molecular weight is 302 g/mol. The second kappa shape index (κ2) is 7.35. The Kier molecular flexibility index (Phi) is 5.24. The Balaban J connectivity index is 1.84. The molecule has 0 aliphatic carbocycles. The highest BCUT2D eigenvalue weighted by atomic mass is 16.5. The lowest BCUT2D eigenvalue weighted by molar-refractivity contribution is 0.0948. The summed E-state index contributed by atoms with van der Waals surface area (Å²) in [7, 11) is 0. The van der Waals surface area contributed by atoms with E-state index in [-0.39, 0.29) is 23.3 Å². The van der Waals surface area contributed by atoms with Gasteiger partial charge < -0.3 is 15.0 Å². The number of ether oxygens (including phenoxy) is 1. The zero-order valence-corrected chi connectivity index (χ0v) is 12.5. The van der Waals surface area contributed by atoms with Gasteiger partial charge in [-0.2, -0.15) is 0 Å². The first-order valence-electron chi connectivity index (χ1n) is 6.99. The van der Waals surface area contributed by atoms with Crippen molar-refractivity contribution in [2.45, 2.75) is 26.4 Å². The number of carbonyl (C=O) groups excluding carboxylic acids is 1. The van der Waals surface area contributed by atoms with Crippen LogP contribution in [0.15, 0.2) is 35.5 Å². The van der Waals surface area contributed by atoms with Crippen LogP contribution in [0.1, 0.15) is 29.9 Å². The minimum atomic E-state index is -0.298. The van der Waals surface area contributed by atoms with Crippen molar-refractivity contribution in [2.75, 3.05) is 6.54 Å². The molecule has 0 saturated heterocycles. The number of nitrogens with one attached hydrogen (secondary N) is 2. The Labute approximate surface area is 127 Å². The summed E-state index contributed by atoms with van der Waals surface area (Å²) in [4.78, 5) is 33.5. The molecule has 2 heterocycles. The lowest BCUT2D eigenvalue weighted by atomic mass is 10.2. The summed E-state index contributed by atoms with van der Waals surface area (Å²) in [5, 5.41) is 2.75. The van der Waals surface area contributed by atoms with Gasteiger partial charge in [0, 0.05) is 18.8 Å². The van der Waals surface area contributed by atoms with E-state index in [0.717, 1.165) is 5.56 Å². The Morgan fingerprint density at radius 3 is 2.73 bits per heavy atom. The van der Waals surface area contributed by atoms with Gasteiger partial charge in [-0.05, 0) is 25.8 Å². The summed E-state index contributed by atoms with van der Waals surface area (Å²) >= 11 is 0. The molecule has 0 saturated carbocycles. The fourth-order valence-electron chi connectivity index (χ4n) is 1.75. The van der Waals surface area contributed by atoms with Gasteiger partial charge in [0.05, 0.1) is 18.5 Å². The highest BCUT2D eigenvalue weighted by Gasteiger charge is 2.08. The molecule has 0 radical (unpaired) electrons. The number of pyridine rings is 1. The highest BCUT2D eigenvalue weighted by Crippen LogP contribution is 2.06. The molecule has 0 bridgehead atoms. The maximum Gasteiger partial charge on any atom is 0.271 e. The van der Waals surface area contributed by atoms with E-state index in [0.29, 0.717) is 18.8 Å². The first-order chi connectivity index (χ1) is 10.5. The third-order valence-electron chi connectivity index (χ3n) is 2.77. The van der Waals surface area contributed by atoms with Crippen LogP contribution in [0.25, 0.3) is 0 Å². The van der Waals surface area contributed by atoms with Crippen molar-refractivity contribution in [2.24, 2.45) is 0 Å². The van der Waals surface area contributed by atoms with Gasteiger partial charge in [-0.3, -0.25) is 9.59 Å². The summed E-state index contributed by atoms with van der Waals surface area (Å²) < 4.78 is 5.36. The van der Waals surface area contributed by atoms with Crippen LogP contribution in [0.5, 0.6) is 5.88 Å². The quantitative estimate of drug-likeness (QED) is 0.827. The van der Waals surface area contributed by atoms with Gasteiger partial charge in [0.2, 0.25) is 11.4 Å². The van der Waals surface area contributed by atoms with Crippen LogP contribution < -0.4 is 15.6 Å². The number of carbonyl (C=O) groups is 1. The molecule has 0 aliphatic rings. The average Bonchev–Trinajstić information content (AvgIpc) is 2.49. The van der Waals surface area contributed by atoms with Crippen molar-refractivity contribution in [3.05, 3.63) is 52.3 Å². The zero-order chi connectivity index (χ0) is 15.9. The van der Waals surface area contributed by atoms with Gasteiger partial charge in [0.15, 0.2) is 0 Å². The van der Waals surface area contributed by atoms with Crippen molar-refractivity contribution in [3.63, 3.8) is 0 Å². The van der Waals surface area contributed by atoms with E-state index in [1.54, 1.807) is 12.3 Å². The molecule has 0 aliphatic heterocycles. The molecule has 0 unspecified atom stereocenters. The van der Waals surface area contributed by atoms with Crippen LogP contribution in [-0.2, 0) is 6.42 Å². The SMILES string of the molecule is CC(C)Oc1cnc(C(=O)NCCc2ccc(=O)[nH]c2)cn1. The molecule has 0 atom stereocenters. The minimum Gasteiger partial charge on any atom is -0.474 e. The maximum absolute atomic E-state index is 11.9. The fraction of sp³-hybridized carbons (Fsp3) is 0.333.